The molecular weight excluding hydrogens is 362 g/mol. The van der Waals surface area contributed by atoms with E-state index in [1.807, 2.05) is 0 Å². The minimum atomic E-state index is 0.0275. The van der Waals surface area contributed by atoms with E-state index in [1.165, 1.54) is 71.1 Å². The Kier molecular flexibility index (Phi) is 7.18. The zero-order chi connectivity index (χ0) is 20.3. The first kappa shape index (κ1) is 21.6. The van der Waals surface area contributed by atoms with Gasteiger partial charge in [0.15, 0.2) is 0 Å². The number of piperidine rings is 1. The number of likely N-dealkylation sites (tertiary alicyclic amines) is 1. The molecule has 0 aromatic rings. The van der Waals surface area contributed by atoms with E-state index >= 15 is 0 Å². The summed E-state index contributed by atoms with van der Waals surface area (Å²) in [5.74, 6) is 1.05. The Hall–Kier alpha value is -0.650. The second-order valence-corrected chi connectivity index (χ2v) is 10.4. The fourth-order valence-corrected chi connectivity index (χ4v) is 6.21. The van der Waals surface area contributed by atoms with Crippen molar-refractivity contribution in [3.05, 3.63) is 0 Å². The van der Waals surface area contributed by atoms with Crippen LogP contribution in [0.1, 0.15) is 78.1 Å². The van der Waals surface area contributed by atoms with Crippen LogP contribution in [0.5, 0.6) is 0 Å². The molecule has 0 aromatic carbocycles. The van der Waals surface area contributed by atoms with Gasteiger partial charge >= 0.3 is 0 Å². The molecule has 29 heavy (non-hydrogen) atoms. The van der Waals surface area contributed by atoms with Crippen LogP contribution in [0.4, 0.5) is 0 Å². The van der Waals surface area contributed by atoms with E-state index < -0.39 is 0 Å². The lowest BCUT2D eigenvalue weighted by Crippen LogP contribution is -2.58. The molecule has 3 saturated heterocycles. The zero-order valence-electron chi connectivity index (χ0n) is 18.9. The lowest BCUT2D eigenvalue weighted by molar-refractivity contribution is -0.151. The second kappa shape index (κ2) is 9.65. The van der Waals surface area contributed by atoms with E-state index in [9.17, 15) is 4.79 Å². The van der Waals surface area contributed by atoms with Crippen LogP contribution in [-0.2, 0) is 9.53 Å². The van der Waals surface area contributed by atoms with E-state index in [1.54, 1.807) is 0 Å². The first-order chi connectivity index (χ1) is 14.0. The predicted molar refractivity (Wildman–Crippen MR) is 117 cm³/mol. The van der Waals surface area contributed by atoms with Crippen molar-refractivity contribution in [3.63, 3.8) is 0 Å². The molecule has 4 fully saturated rings. The van der Waals surface area contributed by atoms with Gasteiger partial charge in [0.05, 0.1) is 5.60 Å². The maximum Gasteiger partial charge on any atom is 0.222 e. The molecule has 5 heteroatoms. The second-order valence-electron chi connectivity index (χ2n) is 10.4. The third-order valence-corrected chi connectivity index (χ3v) is 8.28. The fraction of sp³-hybridized carbons (Fsp3) is 0.958. The normalized spacial score (nSPS) is 30.2. The topological polar surface area (TPSA) is 36.0 Å². The Balaban J connectivity index is 1.25. The summed E-state index contributed by atoms with van der Waals surface area (Å²) in [6.07, 6.45) is 11.7. The molecule has 0 aromatic heterocycles. The Bertz CT molecular complexity index is 530. The van der Waals surface area contributed by atoms with E-state index in [-0.39, 0.29) is 5.60 Å². The Labute approximate surface area is 178 Å². The molecule has 1 unspecified atom stereocenters. The third kappa shape index (κ3) is 5.34. The zero-order valence-corrected chi connectivity index (χ0v) is 18.9. The number of nitrogens with zero attached hydrogens (tertiary/aromatic N) is 3. The summed E-state index contributed by atoms with van der Waals surface area (Å²) < 4.78 is 6.39. The van der Waals surface area contributed by atoms with Crippen LogP contribution < -0.4 is 0 Å². The first-order valence-corrected chi connectivity index (χ1v) is 12.4. The van der Waals surface area contributed by atoms with Crippen molar-refractivity contribution >= 4 is 5.91 Å². The van der Waals surface area contributed by atoms with Gasteiger partial charge in [-0.15, -0.1) is 0 Å². The van der Waals surface area contributed by atoms with Crippen molar-refractivity contribution < 1.29 is 9.53 Å². The maximum atomic E-state index is 12.8. The summed E-state index contributed by atoms with van der Waals surface area (Å²) in [4.78, 5) is 20.3. The van der Waals surface area contributed by atoms with Crippen LogP contribution in [0.15, 0.2) is 0 Å². The van der Waals surface area contributed by atoms with Gasteiger partial charge in [-0.2, -0.15) is 0 Å². The largest absolute Gasteiger partial charge is 0.375 e. The van der Waals surface area contributed by atoms with Crippen LogP contribution in [0.3, 0.4) is 0 Å². The smallest absolute Gasteiger partial charge is 0.222 e. The molecule has 1 atom stereocenters. The summed E-state index contributed by atoms with van der Waals surface area (Å²) in [7, 11) is 0. The highest BCUT2D eigenvalue weighted by Crippen LogP contribution is 2.37. The van der Waals surface area contributed by atoms with Gasteiger partial charge in [-0.1, -0.05) is 19.3 Å². The number of rotatable bonds is 4. The van der Waals surface area contributed by atoms with Gasteiger partial charge in [-0.05, 0) is 58.3 Å². The lowest BCUT2D eigenvalue weighted by Gasteiger charge is -2.50. The fourth-order valence-electron chi connectivity index (χ4n) is 6.21. The van der Waals surface area contributed by atoms with Crippen LogP contribution in [0.2, 0.25) is 0 Å². The molecule has 3 aliphatic heterocycles. The van der Waals surface area contributed by atoms with Gasteiger partial charge in [-0.25, -0.2) is 0 Å². The summed E-state index contributed by atoms with van der Waals surface area (Å²) in [5.41, 5.74) is 0.0275. The first-order valence-electron chi connectivity index (χ1n) is 12.4. The number of hydrogen-bond acceptors (Lipinski definition) is 4. The van der Waals surface area contributed by atoms with Crippen LogP contribution >= 0.6 is 0 Å². The molecule has 3 heterocycles. The molecular formula is C24H43N3O2. The SMILES string of the molecule is CC(C)N1CCN(C2CCOC3(CCN(C(=O)CC4CCCCC4)CC3)C2)CC1. The Morgan fingerprint density at radius 2 is 1.66 bits per heavy atom. The van der Waals surface area contributed by atoms with E-state index in [4.69, 9.17) is 4.74 Å². The molecule has 1 amide bonds. The van der Waals surface area contributed by atoms with Gasteiger partial charge in [-0.3, -0.25) is 14.6 Å². The molecule has 1 saturated carbocycles. The average Bonchev–Trinajstić information content (AvgIpc) is 2.75. The number of ether oxygens (including phenoxy) is 1. The molecule has 0 bridgehead atoms. The van der Waals surface area contributed by atoms with Gasteiger partial charge in [0.25, 0.3) is 0 Å². The minimum absolute atomic E-state index is 0.0275. The highest BCUT2D eigenvalue weighted by atomic mass is 16.5. The number of carbonyl (C=O) groups excluding carboxylic acids is 1. The van der Waals surface area contributed by atoms with Gasteiger partial charge in [0.2, 0.25) is 5.91 Å². The molecule has 5 nitrogen and oxygen atoms in total. The van der Waals surface area contributed by atoms with Crippen molar-refractivity contribution in [2.24, 2.45) is 5.92 Å². The number of piperazine rings is 1. The van der Waals surface area contributed by atoms with Crippen LogP contribution in [-0.4, -0.2) is 84.2 Å². The van der Waals surface area contributed by atoms with Crippen LogP contribution in [0.25, 0.3) is 0 Å². The maximum absolute atomic E-state index is 12.8. The minimum Gasteiger partial charge on any atom is -0.375 e. The summed E-state index contributed by atoms with van der Waals surface area (Å²) >= 11 is 0. The third-order valence-electron chi connectivity index (χ3n) is 8.28. The standard InChI is InChI=1S/C24H43N3O2/c1-20(2)25-13-15-26(16-14-25)22-8-17-29-24(19-22)9-11-27(12-10-24)23(28)18-21-6-4-3-5-7-21/h20-22H,3-19H2,1-2H3. The van der Waals surface area contributed by atoms with Crippen molar-refractivity contribution in [2.45, 2.75) is 95.7 Å². The molecule has 166 valence electrons. The van der Waals surface area contributed by atoms with Crippen molar-refractivity contribution in [1.29, 1.82) is 0 Å². The summed E-state index contributed by atoms with van der Waals surface area (Å²) in [6.45, 7) is 12.1. The Morgan fingerprint density at radius 3 is 2.31 bits per heavy atom. The van der Waals surface area contributed by atoms with Gasteiger partial charge in [0, 0.05) is 64.4 Å². The highest BCUT2D eigenvalue weighted by molar-refractivity contribution is 5.76. The monoisotopic (exact) mass is 405 g/mol. The molecule has 4 aliphatic rings. The predicted octanol–water partition coefficient (Wildman–Crippen LogP) is 3.52. The average molecular weight is 406 g/mol. The molecule has 1 spiro atoms. The van der Waals surface area contributed by atoms with Crippen molar-refractivity contribution in [1.82, 2.24) is 14.7 Å². The van der Waals surface area contributed by atoms with Gasteiger partial charge in [0.1, 0.15) is 0 Å². The lowest BCUT2D eigenvalue weighted by atomic mass is 9.81. The molecule has 0 N–H and O–H groups in total. The van der Waals surface area contributed by atoms with Crippen molar-refractivity contribution in [3.8, 4) is 0 Å². The van der Waals surface area contributed by atoms with E-state index in [0.29, 0.717) is 23.9 Å². The van der Waals surface area contributed by atoms with Gasteiger partial charge < -0.3 is 9.64 Å². The molecule has 1 aliphatic carbocycles. The van der Waals surface area contributed by atoms with Crippen molar-refractivity contribution in [2.75, 3.05) is 45.9 Å². The summed E-state index contributed by atoms with van der Waals surface area (Å²) in [5, 5.41) is 0. The summed E-state index contributed by atoms with van der Waals surface area (Å²) in [6, 6.07) is 1.33. The van der Waals surface area contributed by atoms with E-state index in [2.05, 4.69) is 28.5 Å². The number of hydrogen-bond donors (Lipinski definition) is 0. The Morgan fingerprint density at radius 1 is 0.966 bits per heavy atom. The van der Waals surface area contributed by atoms with E-state index in [0.717, 1.165) is 39.0 Å². The molecule has 4 rings (SSSR count). The number of amides is 1. The molecule has 0 radical (unpaired) electrons. The quantitative estimate of drug-likeness (QED) is 0.717. The van der Waals surface area contributed by atoms with Crippen LogP contribution in [0, 0.1) is 5.92 Å². The number of carbonyl (C=O) groups is 1. The highest BCUT2D eigenvalue weighted by Gasteiger charge is 2.43.